The van der Waals surface area contributed by atoms with E-state index in [4.69, 9.17) is 5.73 Å². The van der Waals surface area contributed by atoms with E-state index in [0.717, 1.165) is 19.5 Å². The molecule has 112 valence electrons. The third kappa shape index (κ3) is 2.78. The van der Waals surface area contributed by atoms with Crippen molar-refractivity contribution in [2.24, 2.45) is 11.1 Å². The predicted molar refractivity (Wildman–Crippen MR) is 88.6 cm³/mol. The molecular formula is C17H29N3. The first-order valence-corrected chi connectivity index (χ1v) is 7.68. The van der Waals surface area contributed by atoms with Gasteiger partial charge in [-0.05, 0) is 24.0 Å². The van der Waals surface area contributed by atoms with E-state index in [2.05, 4.69) is 68.8 Å². The predicted octanol–water partition coefficient (Wildman–Crippen LogP) is 3.09. The minimum Gasteiger partial charge on any atom is -0.371 e. The molecule has 0 aliphatic carbocycles. The smallest absolute Gasteiger partial charge is 0.0607 e. The number of rotatable bonds is 3. The second-order valence-corrected chi connectivity index (χ2v) is 6.99. The van der Waals surface area contributed by atoms with Gasteiger partial charge in [0, 0.05) is 32.2 Å². The van der Waals surface area contributed by atoms with Crippen LogP contribution in [0.3, 0.4) is 0 Å². The third-order valence-electron chi connectivity index (χ3n) is 4.38. The molecule has 3 nitrogen and oxygen atoms in total. The number of likely N-dealkylation sites (N-methyl/N-ethyl adjacent to an activating group) is 1. The van der Waals surface area contributed by atoms with E-state index in [1.54, 1.807) is 0 Å². The van der Waals surface area contributed by atoms with Gasteiger partial charge in [0.05, 0.1) is 11.4 Å². The highest BCUT2D eigenvalue weighted by atomic mass is 15.3. The quantitative estimate of drug-likeness (QED) is 0.920. The molecule has 3 heteroatoms. The molecule has 0 aromatic heterocycles. The molecule has 0 fully saturated rings. The van der Waals surface area contributed by atoms with Crippen LogP contribution in [-0.2, 0) is 0 Å². The minimum atomic E-state index is 0.165. The number of para-hydroxylation sites is 2. The fourth-order valence-corrected chi connectivity index (χ4v) is 3.38. The molecule has 20 heavy (non-hydrogen) atoms. The van der Waals surface area contributed by atoms with Crippen LogP contribution in [0.2, 0.25) is 0 Å². The molecule has 0 saturated carbocycles. The largest absolute Gasteiger partial charge is 0.371 e. The summed E-state index contributed by atoms with van der Waals surface area (Å²) < 4.78 is 0. The lowest BCUT2D eigenvalue weighted by molar-refractivity contribution is 0.260. The third-order valence-corrected chi connectivity index (χ3v) is 4.38. The summed E-state index contributed by atoms with van der Waals surface area (Å²) in [6.45, 7) is 11.2. The van der Waals surface area contributed by atoms with Gasteiger partial charge in [0.15, 0.2) is 0 Å². The second kappa shape index (κ2) is 5.65. The first-order valence-electron chi connectivity index (χ1n) is 7.68. The topological polar surface area (TPSA) is 32.5 Å². The minimum absolute atomic E-state index is 0.165. The molecule has 2 N–H and O–H groups in total. The highest BCUT2D eigenvalue weighted by Crippen LogP contribution is 2.38. The van der Waals surface area contributed by atoms with Gasteiger partial charge >= 0.3 is 0 Å². The van der Waals surface area contributed by atoms with E-state index >= 15 is 0 Å². The zero-order chi connectivity index (χ0) is 14.9. The van der Waals surface area contributed by atoms with Crippen LogP contribution in [-0.4, -0.2) is 32.2 Å². The number of fused-ring (bicyclic) bond motifs is 1. The van der Waals surface area contributed by atoms with Crippen LogP contribution in [0.4, 0.5) is 11.4 Å². The van der Waals surface area contributed by atoms with Gasteiger partial charge in [-0.2, -0.15) is 0 Å². The van der Waals surface area contributed by atoms with Crippen molar-refractivity contribution in [3.8, 4) is 0 Å². The number of benzene rings is 1. The van der Waals surface area contributed by atoms with E-state index in [1.807, 2.05) is 0 Å². The molecule has 2 rings (SSSR count). The van der Waals surface area contributed by atoms with Crippen molar-refractivity contribution in [1.29, 1.82) is 0 Å². The van der Waals surface area contributed by atoms with Crippen molar-refractivity contribution in [2.45, 2.75) is 46.2 Å². The molecule has 1 aliphatic rings. The van der Waals surface area contributed by atoms with E-state index in [1.165, 1.54) is 11.4 Å². The van der Waals surface area contributed by atoms with Gasteiger partial charge < -0.3 is 15.5 Å². The maximum Gasteiger partial charge on any atom is 0.0607 e. The average Bonchev–Trinajstić information content (AvgIpc) is 2.40. The fourth-order valence-electron chi connectivity index (χ4n) is 3.38. The summed E-state index contributed by atoms with van der Waals surface area (Å²) in [5, 5.41) is 0. The van der Waals surface area contributed by atoms with Crippen molar-refractivity contribution in [3.05, 3.63) is 24.3 Å². The van der Waals surface area contributed by atoms with Crippen LogP contribution >= 0.6 is 0 Å². The van der Waals surface area contributed by atoms with Crippen LogP contribution in [0.25, 0.3) is 0 Å². The molecule has 0 spiro atoms. The summed E-state index contributed by atoms with van der Waals surface area (Å²) in [7, 11) is 2.17. The summed E-state index contributed by atoms with van der Waals surface area (Å²) in [5.74, 6) is 0. The summed E-state index contributed by atoms with van der Waals surface area (Å²) in [4.78, 5) is 4.87. The summed E-state index contributed by atoms with van der Waals surface area (Å²) in [6.07, 6.45) is 1.01. The molecule has 1 heterocycles. The van der Waals surface area contributed by atoms with Gasteiger partial charge in [-0.1, -0.05) is 39.8 Å². The van der Waals surface area contributed by atoms with Crippen LogP contribution in [0, 0.1) is 5.41 Å². The number of hydrogen-bond acceptors (Lipinski definition) is 3. The first kappa shape index (κ1) is 15.2. The number of nitrogens with two attached hydrogens (primary N) is 1. The normalized spacial score (nSPS) is 18.7. The molecule has 1 aromatic rings. The van der Waals surface area contributed by atoms with Crippen LogP contribution < -0.4 is 15.5 Å². The zero-order valence-electron chi connectivity index (χ0n) is 13.6. The number of nitrogens with zero attached hydrogens (tertiary/aromatic N) is 2. The Labute approximate surface area is 123 Å². The van der Waals surface area contributed by atoms with Crippen molar-refractivity contribution in [3.63, 3.8) is 0 Å². The maximum absolute atomic E-state index is 6.47. The van der Waals surface area contributed by atoms with Crippen LogP contribution in [0.1, 0.15) is 34.1 Å². The van der Waals surface area contributed by atoms with Gasteiger partial charge in [0.25, 0.3) is 0 Å². The molecule has 2 atom stereocenters. The van der Waals surface area contributed by atoms with Gasteiger partial charge in [0.1, 0.15) is 0 Å². The molecule has 2 unspecified atom stereocenters. The highest BCUT2D eigenvalue weighted by molar-refractivity contribution is 5.73. The Morgan fingerprint density at radius 3 is 2.30 bits per heavy atom. The lowest BCUT2D eigenvalue weighted by Crippen LogP contribution is -2.57. The number of anilines is 2. The molecular weight excluding hydrogens is 246 g/mol. The lowest BCUT2D eigenvalue weighted by atomic mass is 9.80. The van der Waals surface area contributed by atoms with E-state index in [-0.39, 0.29) is 11.5 Å². The molecule has 0 bridgehead atoms. The monoisotopic (exact) mass is 275 g/mol. The Kier molecular flexibility index (Phi) is 4.28. The van der Waals surface area contributed by atoms with Crippen molar-refractivity contribution < 1.29 is 0 Å². The van der Waals surface area contributed by atoms with E-state index in [9.17, 15) is 0 Å². The Morgan fingerprint density at radius 1 is 1.15 bits per heavy atom. The summed E-state index contributed by atoms with van der Waals surface area (Å²) in [6, 6.07) is 9.24. The molecule has 0 amide bonds. The lowest BCUT2D eigenvalue weighted by Gasteiger charge is -2.48. The molecule has 1 aromatic carbocycles. The van der Waals surface area contributed by atoms with Gasteiger partial charge in [-0.3, -0.25) is 0 Å². The molecule has 0 radical (unpaired) electrons. The van der Waals surface area contributed by atoms with Crippen molar-refractivity contribution in [1.82, 2.24) is 0 Å². The van der Waals surface area contributed by atoms with Gasteiger partial charge in [-0.15, -0.1) is 0 Å². The second-order valence-electron chi connectivity index (χ2n) is 6.99. The standard InChI is InChI=1S/C17H29N3/c1-6-13(18)16(17(2,3)4)20-12-11-19(5)14-9-7-8-10-15(14)20/h7-10,13,16H,6,11-12,18H2,1-5H3. The maximum atomic E-state index is 6.47. The Hall–Kier alpha value is -1.22. The van der Waals surface area contributed by atoms with Gasteiger partial charge in [-0.25, -0.2) is 0 Å². The van der Waals surface area contributed by atoms with Crippen LogP contribution in [0.5, 0.6) is 0 Å². The fraction of sp³-hybridized carbons (Fsp3) is 0.647. The van der Waals surface area contributed by atoms with E-state index in [0.29, 0.717) is 6.04 Å². The van der Waals surface area contributed by atoms with Crippen LogP contribution in [0.15, 0.2) is 24.3 Å². The number of hydrogen-bond donors (Lipinski definition) is 1. The summed E-state index contributed by atoms with van der Waals surface area (Å²) >= 11 is 0. The first-order chi connectivity index (χ1) is 9.36. The Balaban J connectivity index is 2.43. The van der Waals surface area contributed by atoms with Gasteiger partial charge in [0.2, 0.25) is 0 Å². The molecule has 1 aliphatic heterocycles. The summed E-state index contributed by atoms with van der Waals surface area (Å²) in [5.41, 5.74) is 9.28. The Bertz CT molecular complexity index is 450. The van der Waals surface area contributed by atoms with E-state index < -0.39 is 0 Å². The SMILES string of the molecule is CCC(N)C(N1CCN(C)c2ccccc21)C(C)(C)C. The zero-order valence-corrected chi connectivity index (χ0v) is 13.6. The van der Waals surface area contributed by atoms with Crippen molar-refractivity contribution in [2.75, 3.05) is 29.9 Å². The average molecular weight is 275 g/mol. The Morgan fingerprint density at radius 2 is 1.75 bits per heavy atom. The molecule has 0 saturated heterocycles. The van der Waals surface area contributed by atoms with Crippen molar-refractivity contribution >= 4 is 11.4 Å². The highest BCUT2D eigenvalue weighted by Gasteiger charge is 2.37.